The van der Waals surface area contributed by atoms with Crippen LogP contribution >= 0.6 is 0 Å². The number of rotatable bonds is 5. The number of esters is 1. The van der Waals surface area contributed by atoms with Gasteiger partial charge in [0.1, 0.15) is 5.76 Å². The third-order valence-corrected chi connectivity index (χ3v) is 1.76. The van der Waals surface area contributed by atoms with Crippen molar-refractivity contribution in [3.05, 3.63) is 11.8 Å². The fraction of sp³-hybridized carbons (Fsp3) is 0.500. The van der Waals surface area contributed by atoms with Crippen LogP contribution in [0.4, 0.5) is 5.82 Å². The predicted octanol–water partition coefficient (Wildman–Crippen LogP) is 1.26. The van der Waals surface area contributed by atoms with E-state index in [9.17, 15) is 9.59 Å². The van der Waals surface area contributed by atoms with Crippen LogP contribution in [0.3, 0.4) is 0 Å². The highest BCUT2D eigenvalue weighted by atomic mass is 16.5. The van der Waals surface area contributed by atoms with Gasteiger partial charge in [0.2, 0.25) is 5.91 Å². The third kappa shape index (κ3) is 4.12. The minimum atomic E-state index is -0.381. The molecule has 0 fully saturated rings. The summed E-state index contributed by atoms with van der Waals surface area (Å²) in [6.07, 6.45) is 0.140. The molecule has 0 unspecified atom stereocenters. The quantitative estimate of drug-likeness (QED) is 0.764. The van der Waals surface area contributed by atoms with Crippen molar-refractivity contribution in [1.82, 2.24) is 5.16 Å². The van der Waals surface area contributed by atoms with Crippen LogP contribution in [-0.4, -0.2) is 23.6 Å². The van der Waals surface area contributed by atoms with E-state index in [2.05, 4.69) is 10.5 Å². The second-order valence-corrected chi connectivity index (χ2v) is 3.18. The van der Waals surface area contributed by atoms with E-state index >= 15 is 0 Å². The normalized spacial score (nSPS) is 9.88. The fourth-order valence-corrected chi connectivity index (χ4v) is 1.08. The SMILES string of the molecule is CCOC(=O)CCC(=O)Nc1cc(C)on1. The van der Waals surface area contributed by atoms with Crippen molar-refractivity contribution >= 4 is 17.7 Å². The number of nitrogens with one attached hydrogen (secondary N) is 1. The van der Waals surface area contributed by atoms with Gasteiger partial charge in [-0.1, -0.05) is 5.16 Å². The summed E-state index contributed by atoms with van der Waals surface area (Å²) in [5.41, 5.74) is 0. The monoisotopic (exact) mass is 226 g/mol. The van der Waals surface area contributed by atoms with Crippen molar-refractivity contribution in [2.24, 2.45) is 0 Å². The molecule has 1 N–H and O–H groups in total. The van der Waals surface area contributed by atoms with Crippen molar-refractivity contribution in [2.45, 2.75) is 26.7 Å². The number of ether oxygens (including phenoxy) is 1. The number of nitrogens with zero attached hydrogens (tertiary/aromatic N) is 1. The fourth-order valence-electron chi connectivity index (χ4n) is 1.08. The summed E-state index contributed by atoms with van der Waals surface area (Å²) in [5.74, 6) is 0.294. The van der Waals surface area contributed by atoms with Gasteiger partial charge in [0.25, 0.3) is 0 Å². The van der Waals surface area contributed by atoms with Crippen LogP contribution in [-0.2, 0) is 14.3 Å². The van der Waals surface area contributed by atoms with Gasteiger partial charge in [-0.3, -0.25) is 9.59 Å². The van der Waals surface area contributed by atoms with Crippen LogP contribution in [0.15, 0.2) is 10.6 Å². The first-order valence-corrected chi connectivity index (χ1v) is 5.00. The predicted molar refractivity (Wildman–Crippen MR) is 55.7 cm³/mol. The number of carbonyl (C=O) groups is 2. The van der Waals surface area contributed by atoms with Gasteiger partial charge in [0.05, 0.1) is 13.0 Å². The van der Waals surface area contributed by atoms with Crippen LogP contribution in [0.1, 0.15) is 25.5 Å². The zero-order chi connectivity index (χ0) is 12.0. The van der Waals surface area contributed by atoms with Crippen LogP contribution in [0.25, 0.3) is 0 Å². The number of amides is 1. The molecule has 0 aliphatic rings. The first kappa shape index (κ1) is 12.2. The van der Waals surface area contributed by atoms with E-state index in [1.54, 1.807) is 19.9 Å². The van der Waals surface area contributed by atoms with Gasteiger partial charge in [-0.25, -0.2) is 0 Å². The van der Waals surface area contributed by atoms with Gasteiger partial charge in [-0.2, -0.15) is 0 Å². The van der Waals surface area contributed by atoms with E-state index < -0.39 is 0 Å². The second kappa shape index (κ2) is 5.89. The highest BCUT2D eigenvalue weighted by Crippen LogP contribution is 2.07. The van der Waals surface area contributed by atoms with Crippen molar-refractivity contribution < 1.29 is 18.8 Å². The molecule has 0 aliphatic carbocycles. The summed E-state index contributed by atoms with van der Waals surface area (Å²) in [7, 11) is 0. The van der Waals surface area contributed by atoms with Crippen LogP contribution in [0.5, 0.6) is 0 Å². The molecule has 0 saturated carbocycles. The van der Waals surface area contributed by atoms with Gasteiger partial charge < -0.3 is 14.6 Å². The molecule has 0 atom stereocenters. The maximum absolute atomic E-state index is 11.3. The molecule has 1 aromatic rings. The number of hydrogen-bond acceptors (Lipinski definition) is 5. The summed E-state index contributed by atoms with van der Waals surface area (Å²) in [4.78, 5) is 22.3. The topological polar surface area (TPSA) is 81.4 Å². The Morgan fingerprint density at radius 2 is 2.25 bits per heavy atom. The second-order valence-electron chi connectivity index (χ2n) is 3.18. The molecule has 1 heterocycles. The zero-order valence-corrected chi connectivity index (χ0v) is 9.28. The molecule has 0 bridgehead atoms. The molecule has 1 aromatic heterocycles. The molecular formula is C10H14N2O4. The molecule has 1 amide bonds. The first-order valence-electron chi connectivity index (χ1n) is 5.00. The lowest BCUT2D eigenvalue weighted by Crippen LogP contribution is -2.14. The standard InChI is InChI=1S/C10H14N2O4/c1-3-15-10(14)5-4-9(13)11-8-6-7(2)16-12-8/h6H,3-5H2,1-2H3,(H,11,12,13). The van der Waals surface area contributed by atoms with E-state index in [-0.39, 0.29) is 24.7 Å². The molecule has 0 radical (unpaired) electrons. The van der Waals surface area contributed by atoms with Crippen molar-refractivity contribution in [1.29, 1.82) is 0 Å². The van der Waals surface area contributed by atoms with Crippen LogP contribution < -0.4 is 5.32 Å². The molecular weight excluding hydrogens is 212 g/mol. The number of carbonyl (C=O) groups excluding carboxylic acids is 2. The summed E-state index contributed by atoms with van der Waals surface area (Å²) >= 11 is 0. The highest BCUT2D eigenvalue weighted by molar-refractivity contribution is 5.91. The van der Waals surface area contributed by atoms with Crippen LogP contribution in [0.2, 0.25) is 0 Å². The number of aryl methyl sites for hydroxylation is 1. The Bertz CT molecular complexity index is 373. The van der Waals surface area contributed by atoms with E-state index in [0.717, 1.165) is 0 Å². The molecule has 0 aromatic carbocycles. The minimum Gasteiger partial charge on any atom is -0.466 e. The maximum atomic E-state index is 11.3. The van der Waals surface area contributed by atoms with Crippen molar-refractivity contribution in [2.75, 3.05) is 11.9 Å². The highest BCUT2D eigenvalue weighted by Gasteiger charge is 2.09. The Morgan fingerprint density at radius 1 is 1.50 bits per heavy atom. The molecule has 6 heteroatoms. The van der Waals surface area contributed by atoms with E-state index in [4.69, 9.17) is 9.26 Å². The molecule has 0 spiro atoms. The Kier molecular flexibility index (Phi) is 4.50. The first-order chi connectivity index (χ1) is 7.61. The minimum absolute atomic E-state index is 0.0660. The van der Waals surface area contributed by atoms with Gasteiger partial charge in [-0.05, 0) is 13.8 Å². The van der Waals surface area contributed by atoms with Crippen molar-refractivity contribution in [3.63, 3.8) is 0 Å². The van der Waals surface area contributed by atoms with Gasteiger partial charge in [-0.15, -0.1) is 0 Å². The number of hydrogen-bond donors (Lipinski definition) is 1. The average molecular weight is 226 g/mol. The van der Waals surface area contributed by atoms with E-state index in [0.29, 0.717) is 18.2 Å². The molecule has 0 saturated heterocycles. The Hall–Kier alpha value is -1.85. The number of anilines is 1. The number of aromatic nitrogens is 1. The summed E-state index contributed by atoms with van der Waals surface area (Å²) in [6, 6.07) is 1.60. The lowest BCUT2D eigenvalue weighted by Gasteiger charge is -2.01. The Balaban J connectivity index is 2.28. The lowest BCUT2D eigenvalue weighted by atomic mass is 10.3. The van der Waals surface area contributed by atoms with Gasteiger partial charge in [0, 0.05) is 12.5 Å². The third-order valence-electron chi connectivity index (χ3n) is 1.76. The summed E-state index contributed by atoms with van der Waals surface area (Å²) < 4.78 is 9.47. The Morgan fingerprint density at radius 3 is 2.81 bits per heavy atom. The van der Waals surface area contributed by atoms with Crippen molar-refractivity contribution in [3.8, 4) is 0 Å². The largest absolute Gasteiger partial charge is 0.466 e. The molecule has 16 heavy (non-hydrogen) atoms. The average Bonchev–Trinajstić information content (AvgIpc) is 2.61. The van der Waals surface area contributed by atoms with E-state index in [1.165, 1.54) is 0 Å². The Labute approximate surface area is 92.9 Å². The molecule has 1 rings (SSSR count). The molecule has 88 valence electrons. The van der Waals surface area contributed by atoms with Crippen LogP contribution in [0, 0.1) is 6.92 Å². The molecule has 0 aliphatic heterocycles. The van der Waals surface area contributed by atoms with Gasteiger partial charge in [0.15, 0.2) is 5.82 Å². The zero-order valence-electron chi connectivity index (χ0n) is 9.28. The summed E-state index contributed by atoms with van der Waals surface area (Å²) in [5, 5.41) is 6.10. The molecule has 6 nitrogen and oxygen atoms in total. The summed E-state index contributed by atoms with van der Waals surface area (Å²) in [6.45, 7) is 3.76. The smallest absolute Gasteiger partial charge is 0.306 e. The van der Waals surface area contributed by atoms with E-state index in [1.807, 2.05) is 0 Å². The maximum Gasteiger partial charge on any atom is 0.306 e. The lowest BCUT2D eigenvalue weighted by molar-refractivity contribution is -0.144. The van der Waals surface area contributed by atoms with Gasteiger partial charge >= 0.3 is 5.97 Å².